The number of carbonyl (C=O) groups is 1. The van der Waals surface area contributed by atoms with Crippen LogP contribution in [0.5, 0.6) is 0 Å². The molecule has 1 N–H and O–H groups in total. The maximum atomic E-state index is 12.8. The van der Waals surface area contributed by atoms with Crippen molar-refractivity contribution >= 4 is 5.91 Å². The molecule has 0 bridgehead atoms. The van der Waals surface area contributed by atoms with Crippen molar-refractivity contribution in [1.82, 2.24) is 19.4 Å². The molecule has 1 aliphatic rings. The summed E-state index contributed by atoms with van der Waals surface area (Å²) in [5.74, 6) is 1.11. The number of nitrogens with one attached hydrogen (secondary N) is 1. The second kappa shape index (κ2) is 7.68. The van der Waals surface area contributed by atoms with Crippen LogP contribution in [0.1, 0.15) is 60.4 Å². The van der Waals surface area contributed by atoms with Crippen molar-refractivity contribution in [2.75, 3.05) is 13.1 Å². The molecule has 0 aliphatic carbocycles. The number of unbranched alkanes of at least 4 members (excludes halogenated alkanes) is 1. The summed E-state index contributed by atoms with van der Waals surface area (Å²) in [6.07, 6.45) is 9.62. The zero-order chi connectivity index (χ0) is 17.8. The van der Waals surface area contributed by atoms with Gasteiger partial charge in [-0.15, -0.1) is 0 Å². The van der Waals surface area contributed by atoms with Gasteiger partial charge in [-0.1, -0.05) is 13.3 Å². The van der Waals surface area contributed by atoms with Crippen molar-refractivity contribution in [2.45, 2.75) is 52.0 Å². The molecule has 2 aromatic rings. The van der Waals surface area contributed by atoms with E-state index in [0.717, 1.165) is 43.7 Å². The van der Waals surface area contributed by atoms with E-state index in [1.807, 2.05) is 19.3 Å². The highest BCUT2D eigenvalue weighted by Gasteiger charge is 2.28. The van der Waals surface area contributed by atoms with E-state index in [0.29, 0.717) is 13.1 Å². The summed E-state index contributed by atoms with van der Waals surface area (Å²) in [7, 11) is 0. The average Bonchev–Trinajstić information content (AvgIpc) is 3.08. The number of H-pyrrole nitrogens is 1. The summed E-state index contributed by atoms with van der Waals surface area (Å²) in [5.41, 5.74) is 0.768. The van der Waals surface area contributed by atoms with Crippen molar-refractivity contribution < 1.29 is 4.79 Å². The van der Waals surface area contributed by atoms with Crippen molar-refractivity contribution in [3.05, 3.63) is 52.0 Å². The van der Waals surface area contributed by atoms with Crippen molar-refractivity contribution in [2.24, 2.45) is 0 Å². The van der Waals surface area contributed by atoms with Gasteiger partial charge in [0.1, 0.15) is 11.4 Å². The van der Waals surface area contributed by atoms with Gasteiger partial charge in [-0.25, -0.2) is 4.98 Å². The second-order valence-electron chi connectivity index (χ2n) is 6.82. The Hall–Kier alpha value is -2.37. The van der Waals surface area contributed by atoms with Gasteiger partial charge in [0.25, 0.3) is 5.91 Å². The molecule has 0 aromatic carbocycles. The Balaban J connectivity index is 1.76. The van der Waals surface area contributed by atoms with Gasteiger partial charge in [-0.2, -0.15) is 0 Å². The van der Waals surface area contributed by atoms with Gasteiger partial charge in [-0.3, -0.25) is 9.59 Å². The standard InChI is InChI=1S/C19H26N4O2/c1-3-4-8-22-10-7-20-18(22)15-6-5-9-23(13-15)19(25)16-12-21-14(2)11-17(16)24/h7,10-12,15H,3-6,8-9,13H2,1-2H3,(H,21,24)/t15-/m1/s1. The molecule has 1 aliphatic heterocycles. The van der Waals surface area contributed by atoms with Crippen LogP contribution in [-0.2, 0) is 6.54 Å². The fourth-order valence-corrected chi connectivity index (χ4v) is 3.48. The lowest BCUT2D eigenvalue weighted by Gasteiger charge is -2.32. The summed E-state index contributed by atoms with van der Waals surface area (Å²) in [6.45, 7) is 6.26. The van der Waals surface area contributed by atoms with Crippen LogP contribution in [0, 0.1) is 6.92 Å². The van der Waals surface area contributed by atoms with Crippen molar-refractivity contribution in [1.29, 1.82) is 0 Å². The predicted octanol–water partition coefficient (Wildman–Crippen LogP) is 2.70. The molecular formula is C19H26N4O2. The quantitative estimate of drug-likeness (QED) is 0.908. The highest BCUT2D eigenvalue weighted by molar-refractivity contribution is 5.93. The van der Waals surface area contributed by atoms with Crippen LogP contribution in [0.3, 0.4) is 0 Å². The summed E-state index contributed by atoms with van der Waals surface area (Å²) in [4.78, 5) is 34.2. The average molecular weight is 342 g/mol. The molecule has 3 heterocycles. The maximum Gasteiger partial charge on any atom is 0.259 e. The van der Waals surface area contributed by atoms with Crippen LogP contribution in [-0.4, -0.2) is 38.4 Å². The summed E-state index contributed by atoms with van der Waals surface area (Å²) < 4.78 is 2.21. The van der Waals surface area contributed by atoms with E-state index in [2.05, 4.69) is 21.5 Å². The third-order valence-electron chi connectivity index (χ3n) is 4.86. The van der Waals surface area contributed by atoms with E-state index in [4.69, 9.17) is 0 Å². The molecule has 25 heavy (non-hydrogen) atoms. The van der Waals surface area contributed by atoms with Gasteiger partial charge in [0.15, 0.2) is 5.43 Å². The first-order valence-electron chi connectivity index (χ1n) is 9.09. The number of likely N-dealkylation sites (tertiary alicyclic amines) is 1. The third kappa shape index (κ3) is 3.83. The number of aromatic nitrogens is 3. The molecule has 0 saturated carbocycles. The number of hydrogen-bond donors (Lipinski definition) is 1. The molecule has 1 fully saturated rings. The van der Waals surface area contributed by atoms with Gasteiger partial charge in [0, 0.05) is 55.9 Å². The van der Waals surface area contributed by atoms with Gasteiger partial charge in [-0.05, 0) is 26.2 Å². The minimum Gasteiger partial charge on any atom is -0.364 e. The number of piperidine rings is 1. The lowest BCUT2D eigenvalue weighted by atomic mass is 9.96. The van der Waals surface area contributed by atoms with Crippen LogP contribution in [0.4, 0.5) is 0 Å². The number of amides is 1. The van der Waals surface area contributed by atoms with Gasteiger partial charge in [0.2, 0.25) is 0 Å². The summed E-state index contributed by atoms with van der Waals surface area (Å²) in [5, 5.41) is 0. The Labute approximate surface area is 147 Å². The Morgan fingerprint density at radius 3 is 3.04 bits per heavy atom. The highest BCUT2D eigenvalue weighted by Crippen LogP contribution is 2.26. The Kier molecular flexibility index (Phi) is 5.36. The van der Waals surface area contributed by atoms with E-state index >= 15 is 0 Å². The van der Waals surface area contributed by atoms with Gasteiger partial charge < -0.3 is 14.5 Å². The lowest BCUT2D eigenvalue weighted by molar-refractivity contribution is 0.0701. The minimum absolute atomic E-state index is 0.183. The van der Waals surface area contributed by atoms with Crippen LogP contribution in [0.15, 0.2) is 29.5 Å². The molecular weight excluding hydrogens is 316 g/mol. The Morgan fingerprint density at radius 1 is 1.44 bits per heavy atom. The second-order valence-corrected chi connectivity index (χ2v) is 6.82. The molecule has 0 spiro atoms. The SMILES string of the molecule is CCCCn1ccnc1[C@@H]1CCCN(C(=O)c2c[nH]c(C)cc2=O)C1. The Morgan fingerprint density at radius 2 is 2.28 bits per heavy atom. The summed E-state index contributed by atoms with van der Waals surface area (Å²) >= 11 is 0. The van der Waals surface area contributed by atoms with E-state index in [-0.39, 0.29) is 22.8 Å². The fraction of sp³-hybridized carbons (Fsp3) is 0.526. The first-order chi connectivity index (χ1) is 12.1. The van der Waals surface area contributed by atoms with E-state index in [9.17, 15) is 9.59 Å². The topological polar surface area (TPSA) is 71.0 Å². The van der Waals surface area contributed by atoms with Gasteiger partial charge >= 0.3 is 0 Å². The molecule has 1 atom stereocenters. The summed E-state index contributed by atoms with van der Waals surface area (Å²) in [6, 6.07) is 1.48. The number of imidazole rings is 1. The number of carbonyl (C=O) groups excluding carboxylic acids is 1. The predicted molar refractivity (Wildman–Crippen MR) is 96.8 cm³/mol. The molecule has 1 amide bonds. The number of aromatic amines is 1. The highest BCUT2D eigenvalue weighted by atomic mass is 16.2. The fourth-order valence-electron chi connectivity index (χ4n) is 3.48. The van der Waals surface area contributed by atoms with E-state index < -0.39 is 0 Å². The first kappa shape index (κ1) is 17.5. The normalized spacial score (nSPS) is 17.7. The first-order valence-corrected chi connectivity index (χ1v) is 9.09. The van der Waals surface area contributed by atoms with E-state index in [1.165, 1.54) is 12.3 Å². The Bertz CT molecular complexity index is 793. The van der Waals surface area contributed by atoms with Crippen LogP contribution >= 0.6 is 0 Å². The van der Waals surface area contributed by atoms with Crippen LogP contribution in [0.25, 0.3) is 0 Å². The van der Waals surface area contributed by atoms with Crippen LogP contribution < -0.4 is 5.43 Å². The molecule has 2 aromatic heterocycles. The molecule has 0 radical (unpaired) electrons. The molecule has 6 nitrogen and oxygen atoms in total. The molecule has 0 unspecified atom stereocenters. The van der Waals surface area contributed by atoms with Crippen molar-refractivity contribution in [3.63, 3.8) is 0 Å². The number of nitrogens with zero attached hydrogens (tertiary/aromatic N) is 3. The van der Waals surface area contributed by atoms with Crippen LogP contribution in [0.2, 0.25) is 0 Å². The minimum atomic E-state index is -0.215. The zero-order valence-corrected chi connectivity index (χ0v) is 15.0. The smallest absolute Gasteiger partial charge is 0.259 e. The largest absolute Gasteiger partial charge is 0.364 e. The molecule has 1 saturated heterocycles. The lowest BCUT2D eigenvalue weighted by Crippen LogP contribution is -2.41. The number of pyridine rings is 1. The number of aryl methyl sites for hydroxylation is 2. The van der Waals surface area contributed by atoms with Gasteiger partial charge in [0.05, 0.1) is 0 Å². The molecule has 134 valence electrons. The maximum absolute atomic E-state index is 12.8. The number of rotatable bonds is 5. The number of hydrogen-bond acceptors (Lipinski definition) is 3. The molecule has 3 rings (SSSR count). The molecule has 6 heteroatoms. The third-order valence-corrected chi connectivity index (χ3v) is 4.86. The van der Waals surface area contributed by atoms with E-state index in [1.54, 1.807) is 4.90 Å². The monoisotopic (exact) mass is 342 g/mol. The van der Waals surface area contributed by atoms with Crippen molar-refractivity contribution in [3.8, 4) is 0 Å². The zero-order valence-electron chi connectivity index (χ0n) is 15.0.